The standard InChI is InChI=1S/C17H17NO/c19-15-18(14-17-10-5-2-6-11-17)13-7-12-16-8-3-1-4-9-16/h1-12,15H,13-14H2. The van der Waals surface area contributed by atoms with Crippen molar-refractivity contribution < 1.29 is 4.79 Å². The number of hydrogen-bond acceptors (Lipinski definition) is 1. The molecule has 1 amide bonds. The summed E-state index contributed by atoms with van der Waals surface area (Å²) in [6.07, 6.45) is 4.93. The summed E-state index contributed by atoms with van der Waals surface area (Å²) in [5, 5.41) is 0. The van der Waals surface area contributed by atoms with Gasteiger partial charge in [-0.1, -0.05) is 72.8 Å². The topological polar surface area (TPSA) is 20.3 Å². The summed E-state index contributed by atoms with van der Waals surface area (Å²) in [7, 11) is 0. The van der Waals surface area contributed by atoms with E-state index in [0.29, 0.717) is 13.1 Å². The second-order valence-corrected chi connectivity index (χ2v) is 4.33. The van der Waals surface area contributed by atoms with Gasteiger partial charge in [0.2, 0.25) is 6.41 Å². The van der Waals surface area contributed by atoms with Crippen LogP contribution in [-0.4, -0.2) is 17.9 Å². The fourth-order valence-electron chi connectivity index (χ4n) is 1.85. The molecule has 2 aromatic rings. The highest BCUT2D eigenvalue weighted by molar-refractivity contribution is 5.51. The number of benzene rings is 2. The highest BCUT2D eigenvalue weighted by Crippen LogP contribution is 2.04. The van der Waals surface area contributed by atoms with Crippen LogP contribution in [0.3, 0.4) is 0 Å². The lowest BCUT2D eigenvalue weighted by Crippen LogP contribution is -2.21. The van der Waals surface area contributed by atoms with Crippen LogP contribution in [0, 0.1) is 0 Å². The average Bonchev–Trinajstić information content (AvgIpc) is 2.48. The first kappa shape index (κ1) is 13.1. The van der Waals surface area contributed by atoms with E-state index in [1.165, 1.54) is 0 Å². The number of carbonyl (C=O) groups is 1. The maximum Gasteiger partial charge on any atom is 0.210 e. The summed E-state index contributed by atoms with van der Waals surface area (Å²) < 4.78 is 0. The molecule has 2 aromatic carbocycles. The summed E-state index contributed by atoms with van der Waals surface area (Å²) in [5.74, 6) is 0. The average molecular weight is 251 g/mol. The summed E-state index contributed by atoms with van der Waals surface area (Å²) in [5.41, 5.74) is 2.29. The van der Waals surface area contributed by atoms with Crippen LogP contribution in [0.5, 0.6) is 0 Å². The van der Waals surface area contributed by atoms with Crippen LogP contribution >= 0.6 is 0 Å². The Bertz CT molecular complexity index is 519. The van der Waals surface area contributed by atoms with E-state index >= 15 is 0 Å². The lowest BCUT2D eigenvalue weighted by atomic mass is 10.2. The van der Waals surface area contributed by atoms with Crippen LogP contribution < -0.4 is 0 Å². The van der Waals surface area contributed by atoms with E-state index in [1.54, 1.807) is 4.90 Å². The molecule has 0 aliphatic heterocycles. The molecule has 0 spiro atoms. The van der Waals surface area contributed by atoms with Gasteiger partial charge in [-0.15, -0.1) is 0 Å². The van der Waals surface area contributed by atoms with E-state index in [4.69, 9.17) is 0 Å². The quantitative estimate of drug-likeness (QED) is 0.721. The third kappa shape index (κ3) is 4.43. The van der Waals surface area contributed by atoms with Crippen LogP contribution in [-0.2, 0) is 11.3 Å². The molecule has 0 aromatic heterocycles. The zero-order valence-corrected chi connectivity index (χ0v) is 10.8. The number of nitrogens with zero attached hydrogens (tertiary/aromatic N) is 1. The Hall–Kier alpha value is -2.35. The Kier molecular flexibility index (Phi) is 4.94. The molecule has 0 saturated heterocycles. The minimum absolute atomic E-state index is 0.618. The minimum Gasteiger partial charge on any atom is -0.337 e. The fraction of sp³-hybridized carbons (Fsp3) is 0.118. The second-order valence-electron chi connectivity index (χ2n) is 4.33. The van der Waals surface area contributed by atoms with Crippen molar-refractivity contribution in [1.82, 2.24) is 4.90 Å². The summed E-state index contributed by atoms with van der Waals surface area (Å²) in [6, 6.07) is 20.1. The van der Waals surface area contributed by atoms with Gasteiger partial charge in [-0.05, 0) is 11.1 Å². The van der Waals surface area contributed by atoms with Gasteiger partial charge in [0.25, 0.3) is 0 Å². The zero-order chi connectivity index (χ0) is 13.3. The van der Waals surface area contributed by atoms with Crippen LogP contribution in [0.1, 0.15) is 11.1 Å². The number of rotatable bonds is 6. The molecular formula is C17H17NO. The summed E-state index contributed by atoms with van der Waals surface area (Å²) in [6.45, 7) is 1.26. The first-order valence-corrected chi connectivity index (χ1v) is 6.33. The summed E-state index contributed by atoms with van der Waals surface area (Å²) in [4.78, 5) is 12.8. The van der Waals surface area contributed by atoms with Crippen molar-refractivity contribution in [2.45, 2.75) is 6.54 Å². The largest absolute Gasteiger partial charge is 0.337 e. The van der Waals surface area contributed by atoms with Gasteiger partial charge in [-0.3, -0.25) is 4.79 Å². The Morgan fingerprint density at radius 2 is 1.53 bits per heavy atom. The minimum atomic E-state index is 0.618. The molecule has 0 unspecified atom stereocenters. The second kappa shape index (κ2) is 7.17. The van der Waals surface area contributed by atoms with Crippen molar-refractivity contribution in [1.29, 1.82) is 0 Å². The van der Waals surface area contributed by atoms with Crippen molar-refractivity contribution in [2.75, 3.05) is 6.54 Å². The molecule has 0 radical (unpaired) electrons. The number of carbonyl (C=O) groups excluding carboxylic acids is 1. The van der Waals surface area contributed by atoms with Crippen LogP contribution in [0.25, 0.3) is 6.08 Å². The molecule has 0 saturated carbocycles. The van der Waals surface area contributed by atoms with Gasteiger partial charge in [0.1, 0.15) is 0 Å². The van der Waals surface area contributed by atoms with Crippen molar-refractivity contribution in [3.05, 3.63) is 77.9 Å². The molecule has 0 bridgehead atoms. The van der Waals surface area contributed by atoms with Gasteiger partial charge >= 0.3 is 0 Å². The maximum atomic E-state index is 11.0. The zero-order valence-electron chi connectivity index (χ0n) is 10.8. The van der Waals surface area contributed by atoms with Gasteiger partial charge in [0, 0.05) is 13.1 Å². The number of amides is 1. The smallest absolute Gasteiger partial charge is 0.210 e. The predicted octanol–water partition coefficient (Wildman–Crippen LogP) is 3.36. The van der Waals surface area contributed by atoms with E-state index in [2.05, 4.69) is 0 Å². The maximum absolute atomic E-state index is 11.0. The first-order chi connectivity index (χ1) is 9.38. The lowest BCUT2D eigenvalue weighted by molar-refractivity contribution is -0.118. The van der Waals surface area contributed by atoms with E-state index in [9.17, 15) is 4.79 Å². The number of hydrogen-bond donors (Lipinski definition) is 0. The molecule has 0 aliphatic carbocycles. The van der Waals surface area contributed by atoms with Crippen molar-refractivity contribution in [3.8, 4) is 0 Å². The lowest BCUT2D eigenvalue weighted by Gasteiger charge is -2.14. The molecule has 0 atom stereocenters. The van der Waals surface area contributed by atoms with Crippen molar-refractivity contribution in [3.63, 3.8) is 0 Å². The molecule has 2 rings (SSSR count). The van der Waals surface area contributed by atoms with E-state index in [1.807, 2.05) is 72.8 Å². The molecule has 2 heteroatoms. The highest BCUT2D eigenvalue weighted by Gasteiger charge is 1.99. The Balaban J connectivity index is 1.90. The van der Waals surface area contributed by atoms with Gasteiger partial charge in [0.05, 0.1) is 0 Å². The predicted molar refractivity (Wildman–Crippen MR) is 78.4 cm³/mol. The van der Waals surface area contributed by atoms with Crippen molar-refractivity contribution >= 4 is 12.5 Å². The van der Waals surface area contributed by atoms with Crippen LogP contribution in [0.15, 0.2) is 66.7 Å². The SMILES string of the molecule is O=CN(CC=Cc1ccccc1)Cc1ccccc1. The van der Waals surface area contributed by atoms with Gasteiger partial charge < -0.3 is 4.90 Å². The summed E-state index contributed by atoms with van der Waals surface area (Å²) >= 11 is 0. The van der Waals surface area contributed by atoms with Gasteiger partial charge in [-0.2, -0.15) is 0 Å². The van der Waals surface area contributed by atoms with Gasteiger partial charge in [0.15, 0.2) is 0 Å². The third-order valence-corrected chi connectivity index (χ3v) is 2.83. The molecule has 19 heavy (non-hydrogen) atoms. The van der Waals surface area contributed by atoms with Crippen LogP contribution in [0.2, 0.25) is 0 Å². The molecule has 0 N–H and O–H groups in total. The fourth-order valence-corrected chi connectivity index (χ4v) is 1.85. The molecule has 0 aliphatic rings. The highest BCUT2D eigenvalue weighted by atomic mass is 16.1. The molecular weight excluding hydrogens is 234 g/mol. The van der Waals surface area contributed by atoms with E-state index < -0.39 is 0 Å². The Morgan fingerprint density at radius 3 is 2.16 bits per heavy atom. The normalized spacial score (nSPS) is 10.5. The van der Waals surface area contributed by atoms with E-state index in [-0.39, 0.29) is 0 Å². The molecule has 2 nitrogen and oxygen atoms in total. The van der Waals surface area contributed by atoms with Gasteiger partial charge in [-0.25, -0.2) is 0 Å². The Morgan fingerprint density at radius 1 is 0.895 bits per heavy atom. The van der Waals surface area contributed by atoms with Crippen LogP contribution in [0.4, 0.5) is 0 Å². The van der Waals surface area contributed by atoms with Crippen molar-refractivity contribution in [2.24, 2.45) is 0 Å². The Labute approximate surface area is 114 Å². The third-order valence-electron chi connectivity index (χ3n) is 2.83. The molecule has 0 fully saturated rings. The molecule has 96 valence electrons. The first-order valence-electron chi connectivity index (χ1n) is 6.33. The molecule has 0 heterocycles. The van der Waals surface area contributed by atoms with E-state index in [0.717, 1.165) is 17.5 Å². The monoisotopic (exact) mass is 251 g/mol.